The Hall–Kier alpha value is -1.17. The SMILES string of the molecule is COc1cc(C(=O)NC(C)(C)CN)cc(Cl)c1OCCC(C)C.Cl. The lowest BCUT2D eigenvalue weighted by Gasteiger charge is -2.24. The second kappa shape index (κ2) is 9.97. The van der Waals surface area contributed by atoms with Crippen molar-refractivity contribution >= 4 is 29.9 Å². The highest BCUT2D eigenvalue weighted by atomic mass is 35.5. The van der Waals surface area contributed by atoms with E-state index >= 15 is 0 Å². The van der Waals surface area contributed by atoms with Crippen LogP contribution in [0.25, 0.3) is 0 Å². The van der Waals surface area contributed by atoms with Gasteiger partial charge in [0.1, 0.15) is 0 Å². The van der Waals surface area contributed by atoms with E-state index < -0.39 is 5.54 Å². The van der Waals surface area contributed by atoms with Crippen molar-refractivity contribution in [1.29, 1.82) is 0 Å². The van der Waals surface area contributed by atoms with E-state index in [-0.39, 0.29) is 18.3 Å². The first-order chi connectivity index (χ1) is 10.7. The Morgan fingerprint density at radius 1 is 1.38 bits per heavy atom. The average Bonchev–Trinajstić information content (AvgIpc) is 2.47. The van der Waals surface area contributed by atoms with Gasteiger partial charge < -0.3 is 20.5 Å². The standard InChI is InChI=1S/C17H27ClN2O3.ClH/c1-11(2)6-7-23-15-13(18)8-12(9-14(15)22-5)16(21)20-17(3,4)10-19;/h8-9,11H,6-7,10,19H2,1-5H3,(H,20,21);1H. The maximum atomic E-state index is 12.3. The van der Waals surface area contributed by atoms with Crippen LogP contribution in [0.5, 0.6) is 11.5 Å². The van der Waals surface area contributed by atoms with Crippen LogP contribution in [0.1, 0.15) is 44.5 Å². The Bertz CT molecular complexity index is 549. The highest BCUT2D eigenvalue weighted by molar-refractivity contribution is 6.32. The number of carbonyl (C=O) groups excluding carboxylic acids is 1. The molecule has 0 aliphatic carbocycles. The van der Waals surface area contributed by atoms with Crippen LogP contribution in [0.2, 0.25) is 5.02 Å². The summed E-state index contributed by atoms with van der Waals surface area (Å²) < 4.78 is 11.0. The molecule has 0 heterocycles. The minimum atomic E-state index is -0.497. The van der Waals surface area contributed by atoms with Gasteiger partial charge in [-0.3, -0.25) is 4.79 Å². The number of methoxy groups -OCH3 is 1. The van der Waals surface area contributed by atoms with Crippen LogP contribution in [-0.2, 0) is 0 Å². The average molecular weight is 379 g/mol. The van der Waals surface area contributed by atoms with E-state index in [4.69, 9.17) is 26.8 Å². The van der Waals surface area contributed by atoms with Gasteiger partial charge in [-0.2, -0.15) is 0 Å². The van der Waals surface area contributed by atoms with Crippen LogP contribution < -0.4 is 20.5 Å². The third-order valence-corrected chi connectivity index (χ3v) is 3.68. The fraction of sp³-hybridized carbons (Fsp3) is 0.588. The zero-order chi connectivity index (χ0) is 17.6. The molecule has 1 amide bonds. The van der Waals surface area contributed by atoms with Crippen molar-refractivity contribution < 1.29 is 14.3 Å². The van der Waals surface area contributed by atoms with E-state index in [1.54, 1.807) is 12.1 Å². The molecule has 1 aromatic carbocycles. The van der Waals surface area contributed by atoms with E-state index in [1.165, 1.54) is 7.11 Å². The summed E-state index contributed by atoms with van der Waals surface area (Å²) in [6, 6.07) is 3.20. The first kappa shape index (κ1) is 22.8. The molecule has 0 saturated carbocycles. The lowest BCUT2D eigenvalue weighted by Crippen LogP contribution is -2.48. The van der Waals surface area contributed by atoms with Crippen LogP contribution in [0.15, 0.2) is 12.1 Å². The topological polar surface area (TPSA) is 73.6 Å². The molecule has 5 nitrogen and oxygen atoms in total. The Morgan fingerprint density at radius 2 is 2.00 bits per heavy atom. The summed E-state index contributed by atoms with van der Waals surface area (Å²) in [5, 5.41) is 3.21. The molecule has 0 radical (unpaired) electrons. The zero-order valence-electron chi connectivity index (χ0n) is 14.9. The maximum Gasteiger partial charge on any atom is 0.251 e. The number of hydrogen-bond donors (Lipinski definition) is 2. The number of ether oxygens (including phenoxy) is 2. The fourth-order valence-electron chi connectivity index (χ4n) is 1.82. The number of nitrogens with two attached hydrogens (primary N) is 1. The second-order valence-electron chi connectivity index (χ2n) is 6.56. The van der Waals surface area contributed by atoms with Crippen LogP contribution in [0.3, 0.4) is 0 Å². The first-order valence-electron chi connectivity index (χ1n) is 7.73. The number of benzene rings is 1. The molecular formula is C17H28Cl2N2O3. The molecule has 138 valence electrons. The van der Waals surface area contributed by atoms with Gasteiger partial charge in [0.05, 0.1) is 18.7 Å². The predicted molar refractivity (Wildman–Crippen MR) is 101 cm³/mol. The van der Waals surface area contributed by atoms with E-state index in [9.17, 15) is 4.79 Å². The van der Waals surface area contributed by atoms with Gasteiger partial charge in [-0.1, -0.05) is 25.4 Å². The van der Waals surface area contributed by atoms with Gasteiger partial charge >= 0.3 is 0 Å². The third kappa shape index (κ3) is 6.75. The Morgan fingerprint density at radius 3 is 2.50 bits per heavy atom. The maximum absolute atomic E-state index is 12.3. The molecule has 1 rings (SSSR count). The summed E-state index contributed by atoms with van der Waals surface area (Å²) in [5.41, 5.74) is 5.55. The Labute approximate surface area is 155 Å². The number of hydrogen-bond acceptors (Lipinski definition) is 4. The van der Waals surface area contributed by atoms with Crippen molar-refractivity contribution in [3.8, 4) is 11.5 Å². The summed E-state index contributed by atoms with van der Waals surface area (Å²) in [6.07, 6.45) is 0.909. The van der Waals surface area contributed by atoms with Gasteiger partial charge in [0.2, 0.25) is 0 Å². The quantitative estimate of drug-likeness (QED) is 0.723. The van der Waals surface area contributed by atoms with Gasteiger partial charge in [-0.05, 0) is 38.3 Å². The van der Waals surface area contributed by atoms with E-state index in [0.717, 1.165) is 6.42 Å². The van der Waals surface area contributed by atoms with Crippen molar-refractivity contribution in [1.82, 2.24) is 5.32 Å². The molecule has 0 aromatic heterocycles. The van der Waals surface area contributed by atoms with Crippen molar-refractivity contribution in [2.75, 3.05) is 20.3 Å². The summed E-state index contributed by atoms with van der Waals surface area (Å²) in [5.74, 6) is 1.18. The molecule has 0 spiro atoms. The lowest BCUT2D eigenvalue weighted by molar-refractivity contribution is 0.0915. The molecule has 0 atom stereocenters. The first-order valence-corrected chi connectivity index (χ1v) is 8.11. The molecule has 1 aromatic rings. The number of halogens is 2. The molecule has 0 aliphatic rings. The third-order valence-electron chi connectivity index (χ3n) is 3.40. The molecule has 0 saturated heterocycles. The van der Waals surface area contributed by atoms with E-state index in [2.05, 4.69) is 19.2 Å². The van der Waals surface area contributed by atoms with Gasteiger partial charge in [0.25, 0.3) is 5.91 Å². The van der Waals surface area contributed by atoms with Crippen molar-refractivity contribution in [2.24, 2.45) is 11.7 Å². The minimum absolute atomic E-state index is 0. The molecular weight excluding hydrogens is 351 g/mol. The number of amides is 1. The van der Waals surface area contributed by atoms with E-state index in [0.29, 0.717) is 41.2 Å². The molecule has 0 bridgehead atoms. The monoisotopic (exact) mass is 378 g/mol. The normalized spacial score (nSPS) is 11.0. The van der Waals surface area contributed by atoms with Crippen LogP contribution in [-0.4, -0.2) is 31.7 Å². The van der Waals surface area contributed by atoms with Crippen molar-refractivity contribution in [3.05, 3.63) is 22.7 Å². The Kier molecular flexibility index (Phi) is 9.48. The largest absolute Gasteiger partial charge is 0.493 e. The molecule has 3 N–H and O–H groups in total. The van der Waals surface area contributed by atoms with Crippen LogP contribution in [0.4, 0.5) is 0 Å². The smallest absolute Gasteiger partial charge is 0.251 e. The van der Waals surface area contributed by atoms with Gasteiger partial charge in [-0.15, -0.1) is 12.4 Å². The summed E-state index contributed by atoms with van der Waals surface area (Å²) in [4.78, 5) is 12.3. The molecule has 0 unspecified atom stereocenters. The number of nitrogens with one attached hydrogen (secondary N) is 1. The van der Waals surface area contributed by atoms with Gasteiger partial charge in [0, 0.05) is 17.6 Å². The van der Waals surface area contributed by atoms with Crippen LogP contribution in [0, 0.1) is 5.92 Å². The molecule has 0 fully saturated rings. The highest BCUT2D eigenvalue weighted by Gasteiger charge is 2.21. The van der Waals surface area contributed by atoms with Gasteiger partial charge in [-0.25, -0.2) is 0 Å². The van der Waals surface area contributed by atoms with E-state index in [1.807, 2.05) is 13.8 Å². The molecule has 7 heteroatoms. The zero-order valence-corrected chi connectivity index (χ0v) is 16.5. The van der Waals surface area contributed by atoms with Crippen molar-refractivity contribution in [2.45, 2.75) is 39.7 Å². The molecule has 24 heavy (non-hydrogen) atoms. The minimum Gasteiger partial charge on any atom is -0.493 e. The van der Waals surface area contributed by atoms with Gasteiger partial charge in [0.15, 0.2) is 11.5 Å². The Balaban J connectivity index is 0.00000529. The summed E-state index contributed by atoms with van der Waals surface area (Å²) >= 11 is 6.27. The van der Waals surface area contributed by atoms with Crippen molar-refractivity contribution in [3.63, 3.8) is 0 Å². The fourth-order valence-corrected chi connectivity index (χ4v) is 2.08. The predicted octanol–water partition coefficient (Wildman–Crippen LogP) is 3.66. The van der Waals surface area contributed by atoms with Crippen LogP contribution >= 0.6 is 24.0 Å². The lowest BCUT2D eigenvalue weighted by atomic mass is 10.0. The number of carbonyl (C=O) groups is 1. The summed E-state index contributed by atoms with van der Waals surface area (Å²) in [7, 11) is 1.52. The second-order valence-corrected chi connectivity index (χ2v) is 6.97. The highest BCUT2D eigenvalue weighted by Crippen LogP contribution is 2.36. The summed E-state index contributed by atoms with van der Waals surface area (Å²) in [6.45, 7) is 8.82. The number of rotatable bonds is 8. The molecule has 0 aliphatic heterocycles.